The molecule has 0 saturated heterocycles. The molecule has 0 spiro atoms. The van der Waals surface area contributed by atoms with Crippen molar-refractivity contribution in [2.24, 2.45) is 0 Å². The number of nitrogens with one attached hydrogen (secondary N) is 2. The highest BCUT2D eigenvalue weighted by Crippen LogP contribution is 2.28. The molecule has 2 N–H and O–H groups in total. The van der Waals surface area contributed by atoms with Gasteiger partial charge in [-0.3, -0.25) is 9.52 Å². The molecule has 0 fully saturated rings. The third-order valence-electron chi connectivity index (χ3n) is 4.92. The molecule has 0 saturated carbocycles. The fourth-order valence-electron chi connectivity index (χ4n) is 3.10. The van der Waals surface area contributed by atoms with E-state index in [2.05, 4.69) is 15.0 Å². The number of methoxy groups -OCH3 is 1. The zero-order chi connectivity index (χ0) is 24.8. The maximum Gasteiger partial charge on any atom is 0.261 e. The van der Waals surface area contributed by atoms with Gasteiger partial charge in [-0.15, -0.1) is 23.1 Å². The molecule has 0 atom stereocenters. The van der Waals surface area contributed by atoms with E-state index in [0.717, 1.165) is 27.5 Å². The van der Waals surface area contributed by atoms with E-state index >= 15 is 0 Å². The molecule has 7 nitrogen and oxygen atoms in total. The number of thiazole rings is 1. The minimum absolute atomic E-state index is 0.175. The molecule has 3 aromatic carbocycles. The summed E-state index contributed by atoms with van der Waals surface area (Å²) < 4.78 is 32.9. The van der Waals surface area contributed by atoms with Gasteiger partial charge >= 0.3 is 0 Å². The molecule has 1 aromatic heterocycles. The van der Waals surface area contributed by atoms with Crippen LogP contribution in [0.15, 0.2) is 88.0 Å². The predicted octanol–water partition coefficient (Wildman–Crippen LogP) is 5.66. The van der Waals surface area contributed by atoms with Crippen molar-refractivity contribution in [2.75, 3.05) is 22.9 Å². The second kappa shape index (κ2) is 10.9. The molecule has 4 rings (SSSR count). The smallest absolute Gasteiger partial charge is 0.261 e. The first kappa shape index (κ1) is 24.8. The number of carbonyl (C=O) groups is 1. The number of sulfonamides is 1. The van der Waals surface area contributed by atoms with Gasteiger partial charge in [0.25, 0.3) is 10.0 Å². The number of thioether (sulfide) groups is 1. The largest absolute Gasteiger partial charge is 0.497 e. The van der Waals surface area contributed by atoms with Gasteiger partial charge in [0.2, 0.25) is 5.91 Å². The number of nitrogens with zero attached hydrogens (tertiary/aromatic N) is 1. The third-order valence-corrected chi connectivity index (χ3v) is 8.09. The third kappa shape index (κ3) is 6.62. The van der Waals surface area contributed by atoms with E-state index in [-0.39, 0.29) is 16.6 Å². The molecule has 4 aromatic rings. The van der Waals surface area contributed by atoms with Gasteiger partial charge in [0, 0.05) is 21.5 Å². The van der Waals surface area contributed by atoms with Gasteiger partial charge in [0.15, 0.2) is 5.13 Å². The van der Waals surface area contributed by atoms with Crippen LogP contribution in [0.2, 0.25) is 0 Å². The van der Waals surface area contributed by atoms with Crippen molar-refractivity contribution in [2.45, 2.75) is 16.7 Å². The second-order valence-electron chi connectivity index (χ2n) is 7.55. The Kier molecular flexibility index (Phi) is 7.74. The second-order valence-corrected chi connectivity index (χ2v) is 11.1. The van der Waals surface area contributed by atoms with E-state index in [1.54, 1.807) is 55.6 Å². The number of aryl methyl sites for hydroxylation is 1. The molecule has 35 heavy (non-hydrogen) atoms. The molecular formula is C25H23N3O4S3. The minimum Gasteiger partial charge on any atom is -0.497 e. The minimum atomic E-state index is -3.66. The molecule has 0 aliphatic rings. The summed E-state index contributed by atoms with van der Waals surface area (Å²) in [5.74, 6) is 0.764. The first-order chi connectivity index (χ1) is 16.8. The van der Waals surface area contributed by atoms with E-state index in [4.69, 9.17) is 4.74 Å². The fourth-order valence-corrected chi connectivity index (χ4v) is 5.59. The number of hydrogen-bond acceptors (Lipinski definition) is 7. The lowest BCUT2D eigenvalue weighted by Crippen LogP contribution is -2.14. The Morgan fingerprint density at radius 1 is 1.06 bits per heavy atom. The SMILES string of the molecule is COc1cccc(-c2csc(NC(=O)CSc3ccc(NS(=O)(=O)c4ccc(C)cc4)cc3)n2)c1. The van der Waals surface area contributed by atoms with E-state index in [1.807, 2.05) is 36.6 Å². The summed E-state index contributed by atoms with van der Waals surface area (Å²) in [7, 11) is -2.05. The van der Waals surface area contributed by atoms with Crippen molar-refractivity contribution in [3.05, 3.63) is 83.7 Å². The van der Waals surface area contributed by atoms with Crippen LogP contribution in [0.5, 0.6) is 5.75 Å². The molecule has 0 aliphatic carbocycles. The molecule has 180 valence electrons. The average molecular weight is 526 g/mol. The summed E-state index contributed by atoms with van der Waals surface area (Å²) >= 11 is 2.71. The number of aromatic nitrogens is 1. The number of hydrogen-bond donors (Lipinski definition) is 2. The van der Waals surface area contributed by atoms with Gasteiger partial charge in [0.1, 0.15) is 5.75 Å². The maximum absolute atomic E-state index is 12.5. The van der Waals surface area contributed by atoms with Crippen molar-refractivity contribution >= 4 is 49.8 Å². The number of anilines is 2. The Bertz CT molecular complexity index is 1420. The molecule has 10 heteroatoms. The Balaban J connectivity index is 1.30. The van der Waals surface area contributed by atoms with Crippen molar-refractivity contribution in [3.8, 4) is 17.0 Å². The number of benzene rings is 3. The highest BCUT2D eigenvalue weighted by Gasteiger charge is 2.14. The lowest BCUT2D eigenvalue weighted by Gasteiger charge is -2.09. The number of carbonyl (C=O) groups excluding carboxylic acids is 1. The summed E-state index contributed by atoms with van der Waals surface area (Å²) in [6, 6.07) is 21.1. The van der Waals surface area contributed by atoms with Crippen molar-refractivity contribution in [1.29, 1.82) is 0 Å². The quantitative estimate of drug-likeness (QED) is 0.274. The van der Waals surface area contributed by atoms with Crippen molar-refractivity contribution < 1.29 is 17.9 Å². The van der Waals surface area contributed by atoms with Gasteiger partial charge in [-0.05, 0) is 55.5 Å². The van der Waals surface area contributed by atoms with Crippen LogP contribution in [0.25, 0.3) is 11.3 Å². The summed E-state index contributed by atoms with van der Waals surface area (Å²) in [5, 5.41) is 5.23. The molecule has 0 bridgehead atoms. The van der Waals surface area contributed by atoms with E-state index in [9.17, 15) is 13.2 Å². The fraction of sp³-hybridized carbons (Fsp3) is 0.120. The van der Waals surface area contributed by atoms with Gasteiger partial charge in [-0.1, -0.05) is 29.8 Å². The lowest BCUT2D eigenvalue weighted by molar-refractivity contribution is -0.113. The van der Waals surface area contributed by atoms with Gasteiger partial charge in [-0.25, -0.2) is 13.4 Å². The predicted molar refractivity (Wildman–Crippen MR) is 142 cm³/mol. The van der Waals surface area contributed by atoms with E-state index < -0.39 is 10.0 Å². The van der Waals surface area contributed by atoms with Crippen LogP contribution in [-0.4, -0.2) is 32.2 Å². The van der Waals surface area contributed by atoms with Crippen LogP contribution in [-0.2, 0) is 14.8 Å². The lowest BCUT2D eigenvalue weighted by atomic mass is 10.2. The van der Waals surface area contributed by atoms with Gasteiger partial charge in [0.05, 0.1) is 23.5 Å². The normalized spacial score (nSPS) is 11.1. The van der Waals surface area contributed by atoms with Crippen LogP contribution in [0.3, 0.4) is 0 Å². The molecule has 1 heterocycles. The maximum atomic E-state index is 12.5. The Labute approximate surface area is 212 Å². The number of rotatable bonds is 9. The zero-order valence-corrected chi connectivity index (χ0v) is 21.5. The molecule has 1 amide bonds. The zero-order valence-electron chi connectivity index (χ0n) is 19.0. The highest BCUT2D eigenvalue weighted by molar-refractivity contribution is 8.00. The van der Waals surface area contributed by atoms with E-state index in [0.29, 0.717) is 10.8 Å². The average Bonchev–Trinajstić information content (AvgIpc) is 3.32. The summed E-state index contributed by atoms with van der Waals surface area (Å²) in [6.45, 7) is 1.90. The Hall–Kier alpha value is -3.34. The number of amides is 1. The topological polar surface area (TPSA) is 97.4 Å². The van der Waals surface area contributed by atoms with Crippen LogP contribution in [0.1, 0.15) is 5.56 Å². The first-order valence-corrected chi connectivity index (χ1v) is 13.9. The Morgan fingerprint density at radius 3 is 2.51 bits per heavy atom. The van der Waals surface area contributed by atoms with Crippen LogP contribution >= 0.6 is 23.1 Å². The van der Waals surface area contributed by atoms with Gasteiger partial charge < -0.3 is 10.1 Å². The van der Waals surface area contributed by atoms with Crippen LogP contribution in [0.4, 0.5) is 10.8 Å². The van der Waals surface area contributed by atoms with E-state index in [1.165, 1.54) is 23.1 Å². The van der Waals surface area contributed by atoms with Gasteiger partial charge in [-0.2, -0.15) is 0 Å². The molecular weight excluding hydrogens is 502 g/mol. The monoisotopic (exact) mass is 525 g/mol. The molecule has 0 aliphatic heterocycles. The summed E-state index contributed by atoms with van der Waals surface area (Å²) in [4.78, 5) is 17.9. The standard InChI is InChI=1S/C25H23N3O4S3/c1-17-6-12-22(13-7-17)35(30,31)28-19-8-10-21(11-9-19)33-16-24(29)27-25-26-23(15-34-25)18-4-3-5-20(14-18)32-2/h3-15,28H,16H2,1-2H3,(H,26,27,29). The van der Waals surface area contributed by atoms with Crippen LogP contribution in [0, 0.1) is 6.92 Å². The first-order valence-electron chi connectivity index (χ1n) is 10.5. The molecule has 0 radical (unpaired) electrons. The summed E-state index contributed by atoms with van der Waals surface area (Å²) in [5.41, 5.74) is 3.11. The number of ether oxygens (including phenoxy) is 1. The van der Waals surface area contributed by atoms with Crippen LogP contribution < -0.4 is 14.8 Å². The Morgan fingerprint density at radius 2 is 1.80 bits per heavy atom. The van der Waals surface area contributed by atoms with Crippen molar-refractivity contribution in [1.82, 2.24) is 4.98 Å². The summed E-state index contributed by atoms with van der Waals surface area (Å²) in [6.07, 6.45) is 0. The highest BCUT2D eigenvalue weighted by atomic mass is 32.2. The molecule has 0 unspecified atom stereocenters. The van der Waals surface area contributed by atoms with Crippen molar-refractivity contribution in [3.63, 3.8) is 0 Å².